The molecule has 7 heteroatoms. The molecule has 1 amide bonds. The maximum Gasteiger partial charge on any atom is 0.355 e. The van der Waals surface area contributed by atoms with Crippen molar-refractivity contribution in [2.45, 2.75) is 33.8 Å². The van der Waals surface area contributed by atoms with Crippen molar-refractivity contribution >= 4 is 23.3 Å². The SMILES string of the molecule is CC(=O)c1c(C)[nH]c(C(=O)O[C@@H](C)C(=O)Nc2cccc(C#N)c2)c1C. The molecule has 0 aliphatic heterocycles. The molecule has 26 heavy (non-hydrogen) atoms. The molecule has 2 aromatic rings. The highest BCUT2D eigenvalue weighted by Crippen LogP contribution is 2.20. The van der Waals surface area contributed by atoms with Crippen molar-refractivity contribution in [3.05, 3.63) is 52.3 Å². The van der Waals surface area contributed by atoms with Gasteiger partial charge in [0, 0.05) is 16.9 Å². The maximum absolute atomic E-state index is 12.3. The molecule has 0 unspecified atom stereocenters. The van der Waals surface area contributed by atoms with Gasteiger partial charge in [0.1, 0.15) is 5.69 Å². The van der Waals surface area contributed by atoms with Gasteiger partial charge in [0.15, 0.2) is 11.9 Å². The highest BCUT2D eigenvalue weighted by atomic mass is 16.5. The van der Waals surface area contributed by atoms with Crippen molar-refractivity contribution in [3.8, 4) is 6.07 Å². The van der Waals surface area contributed by atoms with E-state index >= 15 is 0 Å². The van der Waals surface area contributed by atoms with E-state index in [1.54, 1.807) is 32.0 Å². The van der Waals surface area contributed by atoms with Crippen LogP contribution < -0.4 is 5.32 Å². The van der Waals surface area contributed by atoms with Crippen LogP contribution in [0.15, 0.2) is 24.3 Å². The molecule has 1 aromatic heterocycles. The standard InChI is InChI=1S/C19H19N3O4/c1-10-16(12(3)23)11(2)21-17(10)19(25)26-13(4)18(24)22-15-7-5-6-14(8-15)9-20/h5-8,13,21H,1-4H3,(H,22,24)/t13-/m0/s1. The first-order chi connectivity index (χ1) is 12.2. The second-order valence-corrected chi connectivity index (χ2v) is 5.91. The van der Waals surface area contributed by atoms with E-state index in [1.165, 1.54) is 19.9 Å². The molecule has 1 aromatic carbocycles. The van der Waals surface area contributed by atoms with Crippen molar-refractivity contribution in [1.82, 2.24) is 4.98 Å². The molecule has 0 spiro atoms. The fraction of sp³-hybridized carbons (Fsp3) is 0.263. The lowest BCUT2D eigenvalue weighted by Crippen LogP contribution is -2.30. The minimum absolute atomic E-state index is 0.152. The van der Waals surface area contributed by atoms with Crippen molar-refractivity contribution in [1.29, 1.82) is 5.26 Å². The van der Waals surface area contributed by atoms with Crippen LogP contribution in [-0.2, 0) is 9.53 Å². The number of carbonyl (C=O) groups excluding carboxylic acids is 3. The molecular weight excluding hydrogens is 334 g/mol. The van der Waals surface area contributed by atoms with E-state index in [2.05, 4.69) is 10.3 Å². The lowest BCUT2D eigenvalue weighted by Gasteiger charge is -2.13. The topological polar surface area (TPSA) is 112 Å². The molecule has 2 rings (SSSR count). The van der Waals surface area contributed by atoms with Gasteiger partial charge in [-0.15, -0.1) is 0 Å². The van der Waals surface area contributed by atoms with Gasteiger partial charge in [0.25, 0.3) is 5.91 Å². The predicted molar refractivity (Wildman–Crippen MR) is 94.9 cm³/mol. The number of hydrogen-bond donors (Lipinski definition) is 2. The second-order valence-electron chi connectivity index (χ2n) is 5.91. The Hall–Kier alpha value is -3.40. The first kappa shape index (κ1) is 18.9. The monoisotopic (exact) mass is 353 g/mol. The Labute approximate surface area is 151 Å². The first-order valence-corrected chi connectivity index (χ1v) is 7.96. The molecule has 2 N–H and O–H groups in total. The van der Waals surface area contributed by atoms with Crippen LogP contribution in [0.5, 0.6) is 0 Å². The van der Waals surface area contributed by atoms with E-state index in [0.29, 0.717) is 28.1 Å². The summed E-state index contributed by atoms with van der Waals surface area (Å²) in [5.74, 6) is -1.40. The van der Waals surface area contributed by atoms with E-state index in [1.807, 2.05) is 6.07 Å². The van der Waals surface area contributed by atoms with Gasteiger partial charge in [-0.2, -0.15) is 5.26 Å². The third kappa shape index (κ3) is 3.98. The Morgan fingerprint density at radius 3 is 2.54 bits per heavy atom. The molecule has 1 atom stereocenters. The number of Topliss-reactive ketones (excluding diaryl/α,β-unsaturated/α-hetero) is 1. The largest absolute Gasteiger partial charge is 0.448 e. The smallest absolute Gasteiger partial charge is 0.355 e. The minimum Gasteiger partial charge on any atom is -0.448 e. The van der Waals surface area contributed by atoms with Crippen LogP contribution in [0.2, 0.25) is 0 Å². The van der Waals surface area contributed by atoms with E-state index < -0.39 is 18.0 Å². The van der Waals surface area contributed by atoms with Gasteiger partial charge < -0.3 is 15.0 Å². The number of rotatable bonds is 5. The van der Waals surface area contributed by atoms with Crippen molar-refractivity contribution < 1.29 is 19.1 Å². The average molecular weight is 353 g/mol. The zero-order valence-electron chi connectivity index (χ0n) is 15.0. The molecule has 0 bridgehead atoms. The molecule has 134 valence electrons. The third-order valence-electron chi connectivity index (χ3n) is 3.91. The summed E-state index contributed by atoms with van der Waals surface area (Å²) >= 11 is 0. The van der Waals surface area contributed by atoms with Crippen LogP contribution in [0.4, 0.5) is 5.69 Å². The third-order valence-corrected chi connectivity index (χ3v) is 3.91. The van der Waals surface area contributed by atoms with Gasteiger partial charge in [-0.3, -0.25) is 9.59 Å². The Bertz CT molecular complexity index is 921. The normalized spacial score (nSPS) is 11.3. The average Bonchev–Trinajstić information content (AvgIpc) is 2.89. The van der Waals surface area contributed by atoms with E-state index in [0.717, 1.165) is 0 Å². The number of ether oxygens (including phenoxy) is 1. The van der Waals surface area contributed by atoms with Crippen molar-refractivity contribution in [3.63, 3.8) is 0 Å². The number of H-pyrrole nitrogens is 1. The first-order valence-electron chi connectivity index (χ1n) is 7.96. The Morgan fingerprint density at radius 2 is 1.96 bits per heavy atom. The molecule has 0 aliphatic carbocycles. The summed E-state index contributed by atoms with van der Waals surface area (Å²) in [4.78, 5) is 39.0. The summed E-state index contributed by atoms with van der Waals surface area (Å²) < 4.78 is 5.20. The van der Waals surface area contributed by atoms with E-state index in [4.69, 9.17) is 10.00 Å². The molecule has 0 radical (unpaired) electrons. The highest BCUT2D eigenvalue weighted by Gasteiger charge is 2.24. The number of anilines is 1. The Balaban J connectivity index is 2.09. The molecule has 1 heterocycles. The number of ketones is 1. The van der Waals surface area contributed by atoms with Gasteiger partial charge in [0.2, 0.25) is 0 Å². The second kappa shape index (κ2) is 7.66. The molecule has 0 fully saturated rings. The fourth-order valence-corrected chi connectivity index (χ4v) is 2.67. The summed E-state index contributed by atoms with van der Waals surface area (Å²) in [5, 5.41) is 11.5. The van der Waals surface area contributed by atoms with Crippen LogP contribution in [0.25, 0.3) is 0 Å². The van der Waals surface area contributed by atoms with Crippen LogP contribution >= 0.6 is 0 Å². The number of nitriles is 1. The highest BCUT2D eigenvalue weighted by molar-refractivity contribution is 6.02. The fourth-order valence-electron chi connectivity index (χ4n) is 2.67. The van der Waals surface area contributed by atoms with Crippen molar-refractivity contribution in [2.75, 3.05) is 5.32 Å². The summed E-state index contributed by atoms with van der Waals surface area (Å²) in [6, 6.07) is 8.38. The minimum atomic E-state index is -1.06. The number of aromatic amines is 1. The summed E-state index contributed by atoms with van der Waals surface area (Å²) in [7, 11) is 0. The summed E-state index contributed by atoms with van der Waals surface area (Å²) in [5.41, 5.74) is 2.51. The van der Waals surface area contributed by atoms with Crippen LogP contribution in [0.3, 0.4) is 0 Å². The molecule has 0 saturated heterocycles. The number of hydrogen-bond acceptors (Lipinski definition) is 5. The summed E-state index contributed by atoms with van der Waals surface area (Å²) in [6.45, 7) is 6.20. The number of aromatic nitrogens is 1. The van der Waals surface area contributed by atoms with E-state index in [-0.39, 0.29) is 11.5 Å². The molecule has 0 saturated carbocycles. The Kier molecular flexibility index (Phi) is 5.58. The number of aryl methyl sites for hydroxylation is 1. The zero-order valence-corrected chi connectivity index (χ0v) is 15.0. The lowest BCUT2D eigenvalue weighted by atomic mass is 10.1. The van der Waals surface area contributed by atoms with Crippen LogP contribution in [-0.4, -0.2) is 28.7 Å². The van der Waals surface area contributed by atoms with Gasteiger partial charge in [-0.25, -0.2) is 4.79 Å². The number of esters is 1. The number of benzene rings is 1. The predicted octanol–water partition coefficient (Wildman–Crippen LogP) is 2.89. The number of carbonyl (C=O) groups is 3. The van der Waals surface area contributed by atoms with Crippen LogP contribution in [0, 0.1) is 25.2 Å². The molecular formula is C19H19N3O4. The quantitative estimate of drug-likeness (QED) is 0.634. The number of amides is 1. The lowest BCUT2D eigenvalue weighted by molar-refractivity contribution is -0.123. The van der Waals surface area contributed by atoms with Gasteiger partial charge in [-0.05, 0) is 51.5 Å². The van der Waals surface area contributed by atoms with Gasteiger partial charge >= 0.3 is 5.97 Å². The molecule has 7 nitrogen and oxygen atoms in total. The maximum atomic E-state index is 12.3. The number of nitrogens with zero attached hydrogens (tertiary/aromatic N) is 1. The summed E-state index contributed by atoms with van der Waals surface area (Å²) in [6.07, 6.45) is -1.06. The van der Waals surface area contributed by atoms with Gasteiger partial charge in [-0.1, -0.05) is 6.07 Å². The van der Waals surface area contributed by atoms with Crippen molar-refractivity contribution in [2.24, 2.45) is 0 Å². The zero-order chi connectivity index (χ0) is 19.4. The van der Waals surface area contributed by atoms with E-state index in [9.17, 15) is 14.4 Å². The Morgan fingerprint density at radius 1 is 1.27 bits per heavy atom. The molecule has 0 aliphatic rings. The van der Waals surface area contributed by atoms with Crippen LogP contribution in [0.1, 0.15) is 51.5 Å². The number of nitrogens with one attached hydrogen (secondary N) is 2. The van der Waals surface area contributed by atoms with Gasteiger partial charge in [0.05, 0.1) is 11.6 Å².